The molecule has 0 atom stereocenters. The molecule has 5 nitrogen and oxygen atoms in total. The molecule has 0 aliphatic heterocycles. The van der Waals surface area contributed by atoms with Gasteiger partial charge >= 0.3 is 0 Å². The van der Waals surface area contributed by atoms with Crippen LogP contribution in [0.25, 0.3) is 0 Å². The van der Waals surface area contributed by atoms with Crippen LogP contribution in [-0.2, 0) is 29.5 Å². The maximum Gasteiger partial charge on any atom is 0.243 e. The molecule has 114 valence electrons. The minimum Gasteiger partial charge on any atom is -0.275 e. The Kier molecular flexibility index (Phi) is 4.93. The van der Waals surface area contributed by atoms with E-state index in [-0.39, 0.29) is 17.3 Å². The molecule has 0 saturated carbocycles. The summed E-state index contributed by atoms with van der Waals surface area (Å²) in [6.07, 6.45) is 3.41. The van der Waals surface area contributed by atoms with Crippen LogP contribution in [0.4, 0.5) is 0 Å². The molecule has 0 aliphatic rings. The van der Waals surface area contributed by atoms with E-state index in [2.05, 4.69) is 5.10 Å². The lowest BCUT2D eigenvalue weighted by molar-refractivity contribution is 0.466. The summed E-state index contributed by atoms with van der Waals surface area (Å²) < 4.78 is 28.0. The van der Waals surface area contributed by atoms with Crippen molar-refractivity contribution in [3.05, 3.63) is 46.7 Å². The third-order valence-electron chi connectivity index (χ3n) is 3.03. The van der Waals surface area contributed by atoms with E-state index in [1.54, 1.807) is 30.2 Å². The number of nitrogens with zero attached hydrogens (tertiary/aromatic N) is 3. The molecule has 0 bridgehead atoms. The number of benzene rings is 1. The van der Waals surface area contributed by atoms with Gasteiger partial charge in [0.25, 0.3) is 0 Å². The van der Waals surface area contributed by atoms with Crippen molar-refractivity contribution < 1.29 is 8.42 Å². The Labute approximate surface area is 134 Å². The van der Waals surface area contributed by atoms with Crippen molar-refractivity contribution in [2.45, 2.75) is 17.3 Å². The molecule has 1 heterocycles. The van der Waals surface area contributed by atoms with Gasteiger partial charge in [-0.3, -0.25) is 4.68 Å². The average Bonchev–Trinajstić information content (AvgIpc) is 2.84. The van der Waals surface area contributed by atoms with E-state index in [0.717, 1.165) is 5.56 Å². The highest BCUT2D eigenvalue weighted by Crippen LogP contribution is 2.24. The molecule has 0 N–H and O–H groups in total. The van der Waals surface area contributed by atoms with E-state index in [0.29, 0.717) is 10.6 Å². The van der Waals surface area contributed by atoms with E-state index >= 15 is 0 Å². The lowest BCUT2D eigenvalue weighted by atomic mass is 10.2. The fourth-order valence-electron chi connectivity index (χ4n) is 1.89. The minimum atomic E-state index is -3.60. The van der Waals surface area contributed by atoms with Crippen LogP contribution in [0.15, 0.2) is 35.5 Å². The molecule has 8 heteroatoms. The highest BCUT2D eigenvalue weighted by molar-refractivity contribution is 7.89. The summed E-state index contributed by atoms with van der Waals surface area (Å²) in [5.74, 6) is 0.161. The molecule has 0 spiro atoms. The lowest BCUT2D eigenvalue weighted by Gasteiger charge is -2.17. The molecule has 2 aromatic rings. The number of alkyl halides is 1. The van der Waals surface area contributed by atoms with E-state index in [1.165, 1.54) is 23.5 Å². The molecule has 0 radical (unpaired) electrons. The maximum absolute atomic E-state index is 12.5. The Morgan fingerprint density at radius 1 is 1.38 bits per heavy atom. The van der Waals surface area contributed by atoms with Gasteiger partial charge < -0.3 is 0 Å². The Hall–Kier alpha value is -1.08. The molecule has 2 rings (SSSR count). The fourth-order valence-corrected chi connectivity index (χ4v) is 3.57. The number of rotatable bonds is 5. The zero-order valence-electron chi connectivity index (χ0n) is 11.6. The quantitative estimate of drug-likeness (QED) is 0.781. The standard InChI is InChI=1S/C13H15Cl2N3O2S/c1-17-8-10(7-16-17)9-18(2)21(19,20)12-3-4-13(15)11(5-12)6-14/h3-5,7-8H,6,9H2,1-2H3. The Balaban J connectivity index is 2.28. The molecular weight excluding hydrogens is 333 g/mol. The second-order valence-corrected chi connectivity index (χ2v) is 7.39. The third-order valence-corrected chi connectivity index (χ3v) is 5.49. The van der Waals surface area contributed by atoms with Crippen LogP contribution in [0.3, 0.4) is 0 Å². The van der Waals surface area contributed by atoms with Crippen molar-refractivity contribution in [3.63, 3.8) is 0 Å². The van der Waals surface area contributed by atoms with Gasteiger partial charge in [0.1, 0.15) is 0 Å². The third kappa shape index (κ3) is 3.58. The topological polar surface area (TPSA) is 55.2 Å². The first kappa shape index (κ1) is 16.3. The van der Waals surface area contributed by atoms with Crippen molar-refractivity contribution in [1.29, 1.82) is 0 Å². The summed E-state index contributed by atoms with van der Waals surface area (Å²) in [6, 6.07) is 4.53. The zero-order valence-corrected chi connectivity index (χ0v) is 14.0. The van der Waals surface area contributed by atoms with Gasteiger partial charge in [-0.15, -0.1) is 11.6 Å². The van der Waals surface area contributed by atoms with Gasteiger partial charge in [0.2, 0.25) is 10.0 Å². The van der Waals surface area contributed by atoms with Gasteiger partial charge in [-0.2, -0.15) is 9.40 Å². The molecule has 0 saturated heterocycles. The number of hydrogen-bond acceptors (Lipinski definition) is 3. The van der Waals surface area contributed by atoms with E-state index < -0.39 is 10.0 Å². The highest BCUT2D eigenvalue weighted by atomic mass is 35.5. The number of hydrogen-bond donors (Lipinski definition) is 0. The summed E-state index contributed by atoms with van der Waals surface area (Å²) in [4.78, 5) is 0.175. The predicted molar refractivity (Wildman–Crippen MR) is 82.9 cm³/mol. The maximum atomic E-state index is 12.5. The number of aryl methyl sites for hydroxylation is 1. The van der Waals surface area contributed by atoms with Gasteiger partial charge in [0.05, 0.1) is 11.1 Å². The Morgan fingerprint density at radius 3 is 2.67 bits per heavy atom. The van der Waals surface area contributed by atoms with Crippen LogP contribution in [0.1, 0.15) is 11.1 Å². The SMILES string of the molecule is CN(Cc1cnn(C)c1)S(=O)(=O)c1ccc(Cl)c(CCl)c1. The first-order chi connectivity index (χ1) is 9.84. The van der Waals surface area contributed by atoms with Crippen LogP contribution in [0.2, 0.25) is 5.02 Å². The Bertz CT molecular complexity index is 744. The summed E-state index contributed by atoms with van der Waals surface area (Å²) in [6.45, 7) is 0.245. The predicted octanol–water partition coefficient (Wildman–Crippen LogP) is 2.63. The summed E-state index contributed by atoms with van der Waals surface area (Å²) in [5, 5.41) is 4.48. The molecule has 0 amide bonds. The van der Waals surface area contributed by atoms with Crippen LogP contribution in [0.5, 0.6) is 0 Å². The van der Waals surface area contributed by atoms with Gasteiger partial charge in [0, 0.05) is 43.3 Å². The number of sulfonamides is 1. The van der Waals surface area contributed by atoms with Crippen LogP contribution < -0.4 is 0 Å². The van der Waals surface area contributed by atoms with Gasteiger partial charge in [0.15, 0.2) is 0 Å². The van der Waals surface area contributed by atoms with Crippen LogP contribution in [0, 0.1) is 0 Å². The summed E-state index contributed by atoms with van der Waals surface area (Å²) in [7, 11) is -0.291. The van der Waals surface area contributed by atoms with Crippen molar-refractivity contribution in [3.8, 4) is 0 Å². The Morgan fingerprint density at radius 2 is 2.10 bits per heavy atom. The molecule has 0 aliphatic carbocycles. The largest absolute Gasteiger partial charge is 0.275 e. The second-order valence-electron chi connectivity index (χ2n) is 4.67. The number of aromatic nitrogens is 2. The molecule has 1 aromatic heterocycles. The van der Waals surface area contributed by atoms with Crippen LogP contribution in [-0.4, -0.2) is 29.6 Å². The monoisotopic (exact) mass is 347 g/mol. The second kappa shape index (κ2) is 6.36. The summed E-state index contributed by atoms with van der Waals surface area (Å²) >= 11 is 11.7. The van der Waals surface area contributed by atoms with Crippen molar-refractivity contribution in [2.24, 2.45) is 7.05 Å². The smallest absolute Gasteiger partial charge is 0.243 e. The van der Waals surface area contributed by atoms with Crippen LogP contribution >= 0.6 is 23.2 Å². The van der Waals surface area contributed by atoms with E-state index in [9.17, 15) is 8.42 Å². The van der Waals surface area contributed by atoms with E-state index in [1.807, 2.05) is 0 Å². The first-order valence-electron chi connectivity index (χ1n) is 6.13. The fraction of sp³-hybridized carbons (Fsp3) is 0.308. The van der Waals surface area contributed by atoms with Crippen molar-refractivity contribution >= 4 is 33.2 Å². The molecular formula is C13H15Cl2N3O2S. The van der Waals surface area contributed by atoms with Gasteiger partial charge in [-0.1, -0.05) is 11.6 Å². The molecule has 0 unspecified atom stereocenters. The first-order valence-corrected chi connectivity index (χ1v) is 8.48. The van der Waals surface area contributed by atoms with Crippen molar-refractivity contribution in [2.75, 3.05) is 7.05 Å². The van der Waals surface area contributed by atoms with Gasteiger partial charge in [-0.05, 0) is 23.8 Å². The summed E-state index contributed by atoms with van der Waals surface area (Å²) in [5.41, 5.74) is 1.41. The lowest BCUT2D eigenvalue weighted by Crippen LogP contribution is -2.26. The highest BCUT2D eigenvalue weighted by Gasteiger charge is 2.22. The average molecular weight is 348 g/mol. The van der Waals surface area contributed by atoms with Gasteiger partial charge in [-0.25, -0.2) is 8.42 Å². The van der Waals surface area contributed by atoms with E-state index in [4.69, 9.17) is 23.2 Å². The van der Waals surface area contributed by atoms with Crippen molar-refractivity contribution in [1.82, 2.24) is 14.1 Å². The number of halogens is 2. The molecule has 21 heavy (non-hydrogen) atoms. The molecule has 1 aromatic carbocycles. The minimum absolute atomic E-state index is 0.161. The normalized spacial score (nSPS) is 12.0. The molecule has 0 fully saturated rings. The zero-order chi connectivity index (χ0) is 15.6.